The second kappa shape index (κ2) is 9.05. The van der Waals surface area contributed by atoms with Crippen molar-refractivity contribution in [2.24, 2.45) is 0 Å². The monoisotopic (exact) mass is 441 g/mol. The van der Waals surface area contributed by atoms with Crippen LogP contribution in [0, 0.1) is 0 Å². The molecule has 0 aliphatic heterocycles. The molecular weight excluding hydrogens is 425 g/mol. The lowest BCUT2D eigenvalue weighted by molar-refractivity contribution is -0.120. The third-order valence-corrected chi connectivity index (χ3v) is 6.32. The topological polar surface area (TPSA) is 72.7 Å². The van der Waals surface area contributed by atoms with Crippen LogP contribution in [-0.4, -0.2) is 31.4 Å². The number of benzene rings is 1. The predicted molar refractivity (Wildman–Crippen MR) is 110 cm³/mol. The maximum Gasteiger partial charge on any atom is 0.233 e. The van der Waals surface area contributed by atoms with E-state index in [2.05, 4.69) is 20.8 Å². The van der Waals surface area contributed by atoms with E-state index in [1.165, 1.54) is 11.8 Å². The number of nitrogens with zero attached hydrogens (tertiary/aromatic N) is 4. The second-order valence-corrected chi connectivity index (χ2v) is 9.04. The Kier molecular flexibility index (Phi) is 6.75. The van der Waals surface area contributed by atoms with E-state index in [0.29, 0.717) is 21.7 Å². The van der Waals surface area contributed by atoms with E-state index in [4.69, 9.17) is 23.2 Å². The number of tetrazole rings is 1. The number of carbonyl (C=O) groups is 1. The van der Waals surface area contributed by atoms with Gasteiger partial charge in [0.05, 0.1) is 17.8 Å². The highest BCUT2D eigenvalue weighted by Crippen LogP contribution is 2.27. The molecule has 0 bridgehead atoms. The summed E-state index contributed by atoms with van der Waals surface area (Å²) in [6.45, 7) is 4.28. The summed E-state index contributed by atoms with van der Waals surface area (Å²) in [6.07, 6.45) is 0. The van der Waals surface area contributed by atoms with Crippen LogP contribution in [0.4, 0.5) is 0 Å². The lowest BCUT2D eigenvalue weighted by Gasteiger charge is -2.18. The third kappa shape index (κ3) is 5.22. The molecule has 0 unspecified atom stereocenters. The van der Waals surface area contributed by atoms with Gasteiger partial charge in [0, 0.05) is 14.9 Å². The van der Waals surface area contributed by atoms with Crippen molar-refractivity contribution >= 4 is 52.2 Å². The smallest absolute Gasteiger partial charge is 0.233 e. The van der Waals surface area contributed by atoms with Crippen molar-refractivity contribution in [2.45, 2.75) is 36.8 Å². The first kappa shape index (κ1) is 20.1. The normalized spacial score (nSPS) is 13.3. The minimum Gasteiger partial charge on any atom is -0.349 e. The first-order chi connectivity index (χ1) is 12.9. The maximum absolute atomic E-state index is 12.6. The molecule has 0 spiro atoms. The number of rotatable bonds is 7. The van der Waals surface area contributed by atoms with Gasteiger partial charge in [-0.2, -0.15) is 0 Å². The Balaban J connectivity index is 1.62. The average Bonchev–Trinajstić information content (AvgIpc) is 3.27. The minimum atomic E-state index is -0.369. The average molecular weight is 442 g/mol. The van der Waals surface area contributed by atoms with Crippen molar-refractivity contribution in [3.8, 4) is 0 Å². The molecule has 6 nitrogen and oxygen atoms in total. The van der Waals surface area contributed by atoms with Gasteiger partial charge in [0.1, 0.15) is 0 Å². The van der Waals surface area contributed by atoms with Gasteiger partial charge in [-0.15, -0.1) is 16.4 Å². The Morgan fingerprint density at radius 2 is 2.15 bits per heavy atom. The number of halogens is 2. The quantitative estimate of drug-likeness (QED) is 0.548. The van der Waals surface area contributed by atoms with E-state index in [1.807, 2.05) is 37.4 Å². The number of hydrogen-bond acceptors (Lipinski definition) is 6. The van der Waals surface area contributed by atoms with Crippen LogP contribution in [0.1, 0.15) is 30.3 Å². The molecule has 3 aromatic rings. The molecule has 0 fully saturated rings. The molecule has 0 radical (unpaired) electrons. The summed E-state index contributed by atoms with van der Waals surface area (Å²) in [7, 11) is 0. The van der Waals surface area contributed by atoms with Gasteiger partial charge in [0.2, 0.25) is 11.1 Å². The van der Waals surface area contributed by atoms with Gasteiger partial charge in [0.15, 0.2) is 0 Å². The van der Waals surface area contributed by atoms with E-state index in [-0.39, 0.29) is 17.2 Å². The third-order valence-electron chi connectivity index (χ3n) is 3.82. The summed E-state index contributed by atoms with van der Waals surface area (Å²) in [5, 5.41) is 18.1. The molecule has 2 heterocycles. The largest absolute Gasteiger partial charge is 0.349 e. The van der Waals surface area contributed by atoms with Crippen LogP contribution in [0.25, 0.3) is 0 Å². The number of hydrogen-bond donors (Lipinski definition) is 1. The van der Waals surface area contributed by atoms with Gasteiger partial charge >= 0.3 is 0 Å². The van der Waals surface area contributed by atoms with Gasteiger partial charge in [-0.3, -0.25) is 4.79 Å². The van der Waals surface area contributed by atoms with Crippen LogP contribution in [0.5, 0.6) is 0 Å². The highest BCUT2D eigenvalue weighted by Gasteiger charge is 2.21. The second-order valence-electron chi connectivity index (χ2n) is 5.85. The SMILES string of the molecule is C[C@@H](Sc1nnnn1Cc1cccs1)C(=O)N[C@H](C)c1ccc(Cl)cc1Cl. The fourth-order valence-corrected chi connectivity index (χ4v) is 4.46. The Labute approximate surface area is 175 Å². The van der Waals surface area contributed by atoms with Gasteiger partial charge in [-0.05, 0) is 53.4 Å². The molecule has 0 aliphatic carbocycles. The van der Waals surface area contributed by atoms with Crippen molar-refractivity contribution in [2.75, 3.05) is 0 Å². The number of carbonyl (C=O) groups excluding carboxylic acids is 1. The molecule has 2 aromatic heterocycles. The fraction of sp³-hybridized carbons (Fsp3) is 0.294. The lowest BCUT2D eigenvalue weighted by Crippen LogP contribution is -2.33. The molecule has 10 heteroatoms. The van der Waals surface area contributed by atoms with Crippen molar-refractivity contribution in [3.63, 3.8) is 0 Å². The molecule has 0 saturated carbocycles. The highest BCUT2D eigenvalue weighted by molar-refractivity contribution is 8.00. The lowest BCUT2D eigenvalue weighted by atomic mass is 10.1. The molecule has 1 amide bonds. The standard InChI is InChI=1S/C17H17Cl2N5OS2/c1-10(14-6-5-12(18)8-15(14)19)20-16(25)11(2)27-17-21-22-23-24(17)9-13-4-3-7-26-13/h3-8,10-11H,9H2,1-2H3,(H,20,25)/t10-,11-/m1/s1. The van der Waals surface area contributed by atoms with Crippen molar-refractivity contribution in [1.29, 1.82) is 0 Å². The summed E-state index contributed by atoms with van der Waals surface area (Å²) in [5.41, 5.74) is 0.814. The Morgan fingerprint density at radius 3 is 2.85 bits per heavy atom. The number of thiophene rings is 1. The molecule has 2 atom stereocenters. The predicted octanol–water partition coefficient (Wildman–Crippen LogP) is 4.45. The summed E-state index contributed by atoms with van der Waals surface area (Å²) in [4.78, 5) is 13.7. The summed E-state index contributed by atoms with van der Waals surface area (Å²) in [6, 6.07) is 8.99. The molecule has 27 heavy (non-hydrogen) atoms. The van der Waals surface area contributed by atoms with E-state index >= 15 is 0 Å². The zero-order valence-electron chi connectivity index (χ0n) is 14.6. The summed E-state index contributed by atoms with van der Waals surface area (Å²) < 4.78 is 1.69. The van der Waals surface area contributed by atoms with Crippen LogP contribution in [-0.2, 0) is 11.3 Å². The van der Waals surface area contributed by atoms with Gasteiger partial charge in [-0.25, -0.2) is 4.68 Å². The van der Waals surface area contributed by atoms with Crippen LogP contribution < -0.4 is 5.32 Å². The Bertz CT molecular complexity index is 916. The summed E-state index contributed by atoms with van der Waals surface area (Å²) >= 11 is 15.1. The molecule has 0 saturated heterocycles. The van der Waals surface area contributed by atoms with Crippen LogP contribution in [0.2, 0.25) is 10.0 Å². The van der Waals surface area contributed by atoms with Crippen LogP contribution in [0.3, 0.4) is 0 Å². The highest BCUT2D eigenvalue weighted by atomic mass is 35.5. The number of amides is 1. The van der Waals surface area contributed by atoms with E-state index < -0.39 is 0 Å². The van der Waals surface area contributed by atoms with E-state index in [0.717, 1.165) is 10.4 Å². The molecule has 3 rings (SSSR count). The van der Waals surface area contributed by atoms with Crippen molar-refractivity contribution in [3.05, 3.63) is 56.2 Å². The molecule has 1 N–H and O–H groups in total. The fourth-order valence-electron chi connectivity index (χ4n) is 2.40. The van der Waals surface area contributed by atoms with E-state index in [1.54, 1.807) is 28.2 Å². The zero-order valence-corrected chi connectivity index (χ0v) is 17.7. The Hall–Kier alpha value is -1.61. The number of aromatic nitrogens is 4. The molecular formula is C17H17Cl2N5OS2. The van der Waals surface area contributed by atoms with Gasteiger partial charge in [-0.1, -0.05) is 47.1 Å². The first-order valence-electron chi connectivity index (χ1n) is 8.14. The first-order valence-corrected chi connectivity index (χ1v) is 10.7. The van der Waals surface area contributed by atoms with Crippen molar-refractivity contribution < 1.29 is 4.79 Å². The number of nitrogens with one attached hydrogen (secondary N) is 1. The molecule has 142 valence electrons. The molecule has 1 aromatic carbocycles. The maximum atomic E-state index is 12.6. The van der Waals surface area contributed by atoms with Gasteiger partial charge < -0.3 is 5.32 Å². The van der Waals surface area contributed by atoms with E-state index in [9.17, 15) is 4.79 Å². The summed E-state index contributed by atoms with van der Waals surface area (Å²) in [5.74, 6) is -0.121. The zero-order chi connectivity index (χ0) is 19.4. The van der Waals surface area contributed by atoms with Gasteiger partial charge in [0.25, 0.3) is 0 Å². The number of thioether (sulfide) groups is 1. The Morgan fingerprint density at radius 1 is 1.33 bits per heavy atom. The van der Waals surface area contributed by atoms with Crippen molar-refractivity contribution in [1.82, 2.24) is 25.5 Å². The minimum absolute atomic E-state index is 0.121. The van der Waals surface area contributed by atoms with Crippen LogP contribution >= 0.6 is 46.3 Å². The molecule has 0 aliphatic rings. The van der Waals surface area contributed by atoms with Crippen LogP contribution in [0.15, 0.2) is 40.9 Å².